The van der Waals surface area contributed by atoms with Crippen LogP contribution >= 0.6 is 11.8 Å². The molecule has 0 bridgehead atoms. The predicted octanol–water partition coefficient (Wildman–Crippen LogP) is 3.11. The number of fused-ring (bicyclic) bond motifs is 1. The Kier molecular flexibility index (Phi) is 2.58. The standard InChI is InChI=1S/C12H6N2S/c13-7-9(8-14)10-5-6-15-12-4-2-1-3-11(10)12/h1-6H. The summed E-state index contributed by atoms with van der Waals surface area (Å²) < 4.78 is 0. The Morgan fingerprint density at radius 3 is 2.60 bits per heavy atom. The zero-order chi connectivity index (χ0) is 10.7. The van der Waals surface area contributed by atoms with Gasteiger partial charge in [-0.05, 0) is 23.1 Å². The fourth-order valence-corrected chi connectivity index (χ4v) is 2.23. The van der Waals surface area contributed by atoms with E-state index >= 15 is 0 Å². The topological polar surface area (TPSA) is 47.6 Å². The van der Waals surface area contributed by atoms with Crippen LogP contribution in [-0.2, 0) is 0 Å². The summed E-state index contributed by atoms with van der Waals surface area (Å²) in [7, 11) is 0. The van der Waals surface area contributed by atoms with Crippen LogP contribution in [0.15, 0.2) is 46.2 Å². The van der Waals surface area contributed by atoms with Crippen LogP contribution in [0.1, 0.15) is 5.56 Å². The number of nitriles is 2. The third kappa shape index (κ3) is 1.66. The molecule has 0 spiro atoms. The maximum atomic E-state index is 8.83. The van der Waals surface area contributed by atoms with Gasteiger partial charge in [-0.15, -0.1) is 0 Å². The van der Waals surface area contributed by atoms with E-state index in [1.54, 1.807) is 11.8 Å². The molecule has 70 valence electrons. The molecule has 0 unspecified atom stereocenters. The van der Waals surface area contributed by atoms with Crippen molar-refractivity contribution in [2.24, 2.45) is 0 Å². The molecule has 1 aromatic rings. The molecule has 0 radical (unpaired) electrons. The Balaban J connectivity index is 2.68. The van der Waals surface area contributed by atoms with Crippen LogP contribution in [0.2, 0.25) is 0 Å². The van der Waals surface area contributed by atoms with Crippen molar-refractivity contribution in [1.82, 2.24) is 0 Å². The fourth-order valence-electron chi connectivity index (χ4n) is 1.42. The highest BCUT2D eigenvalue weighted by Gasteiger charge is 2.13. The second kappa shape index (κ2) is 4.04. The van der Waals surface area contributed by atoms with Gasteiger partial charge in [-0.1, -0.05) is 30.0 Å². The molecule has 2 rings (SSSR count). The number of allylic oxidation sites excluding steroid dienone is 3. The summed E-state index contributed by atoms with van der Waals surface area (Å²) in [4.78, 5) is 1.08. The Bertz CT molecular complexity index is 525. The molecular formula is C12H6N2S. The van der Waals surface area contributed by atoms with Gasteiger partial charge < -0.3 is 0 Å². The Hall–Kier alpha value is -1.97. The van der Waals surface area contributed by atoms with E-state index in [1.165, 1.54) is 0 Å². The van der Waals surface area contributed by atoms with E-state index in [1.807, 2.05) is 47.9 Å². The average molecular weight is 210 g/mol. The molecule has 1 heterocycles. The van der Waals surface area contributed by atoms with Gasteiger partial charge in [0.25, 0.3) is 0 Å². The van der Waals surface area contributed by atoms with Crippen LogP contribution in [-0.4, -0.2) is 0 Å². The van der Waals surface area contributed by atoms with Gasteiger partial charge in [0, 0.05) is 10.5 Å². The first kappa shape index (κ1) is 9.58. The highest BCUT2D eigenvalue weighted by molar-refractivity contribution is 8.02. The summed E-state index contributed by atoms with van der Waals surface area (Å²) >= 11 is 1.60. The summed E-state index contributed by atoms with van der Waals surface area (Å²) in [5.41, 5.74) is 1.84. The van der Waals surface area contributed by atoms with Crippen molar-refractivity contribution in [2.45, 2.75) is 4.90 Å². The molecule has 0 aromatic heterocycles. The van der Waals surface area contributed by atoms with E-state index < -0.39 is 0 Å². The van der Waals surface area contributed by atoms with Crippen LogP contribution in [0.4, 0.5) is 0 Å². The van der Waals surface area contributed by atoms with E-state index in [0.29, 0.717) is 5.57 Å². The van der Waals surface area contributed by atoms with Crippen LogP contribution in [0.3, 0.4) is 0 Å². The number of nitrogens with zero attached hydrogens (tertiary/aromatic N) is 2. The predicted molar refractivity (Wildman–Crippen MR) is 59.6 cm³/mol. The summed E-state index contributed by atoms with van der Waals surface area (Å²) in [5.74, 6) is 0. The summed E-state index contributed by atoms with van der Waals surface area (Å²) in [6.07, 6.45) is 1.81. The van der Waals surface area contributed by atoms with Crippen molar-refractivity contribution >= 4 is 17.3 Å². The van der Waals surface area contributed by atoms with Crippen molar-refractivity contribution in [2.75, 3.05) is 0 Å². The van der Waals surface area contributed by atoms with E-state index in [4.69, 9.17) is 10.5 Å². The van der Waals surface area contributed by atoms with Gasteiger partial charge in [-0.3, -0.25) is 0 Å². The summed E-state index contributed by atoms with van der Waals surface area (Å²) in [6, 6.07) is 11.6. The second-order valence-corrected chi connectivity index (χ2v) is 3.88. The molecule has 1 aliphatic heterocycles. The molecule has 0 saturated carbocycles. The first-order valence-corrected chi connectivity index (χ1v) is 5.22. The Morgan fingerprint density at radius 1 is 1.13 bits per heavy atom. The first-order valence-electron chi connectivity index (χ1n) is 4.34. The smallest absolute Gasteiger partial charge is 0.137 e. The third-order valence-electron chi connectivity index (χ3n) is 2.10. The maximum Gasteiger partial charge on any atom is 0.137 e. The summed E-state index contributed by atoms with van der Waals surface area (Å²) in [5, 5.41) is 19.6. The Labute approximate surface area is 92.1 Å². The van der Waals surface area contributed by atoms with E-state index in [-0.39, 0.29) is 5.57 Å². The molecule has 0 atom stereocenters. The van der Waals surface area contributed by atoms with Crippen LogP contribution in [0.5, 0.6) is 0 Å². The maximum absolute atomic E-state index is 8.83. The van der Waals surface area contributed by atoms with Crippen LogP contribution < -0.4 is 0 Å². The molecule has 1 aromatic carbocycles. The SMILES string of the molecule is N#CC(C#N)=C1C=CSc2ccccc21. The average Bonchev–Trinajstić information content (AvgIpc) is 2.31. The highest BCUT2D eigenvalue weighted by Crippen LogP contribution is 2.36. The largest absolute Gasteiger partial charge is 0.192 e. The fraction of sp³-hybridized carbons (Fsp3) is 0. The van der Waals surface area contributed by atoms with E-state index in [2.05, 4.69) is 0 Å². The minimum atomic E-state index is 0.166. The number of rotatable bonds is 0. The van der Waals surface area contributed by atoms with Crippen molar-refractivity contribution in [3.63, 3.8) is 0 Å². The van der Waals surface area contributed by atoms with Gasteiger partial charge in [0.2, 0.25) is 0 Å². The molecule has 2 nitrogen and oxygen atoms in total. The lowest BCUT2D eigenvalue weighted by atomic mass is 10.0. The lowest BCUT2D eigenvalue weighted by molar-refractivity contribution is 1.38. The lowest BCUT2D eigenvalue weighted by Crippen LogP contribution is -1.92. The number of hydrogen-bond donors (Lipinski definition) is 0. The molecule has 0 amide bonds. The van der Waals surface area contributed by atoms with Crippen LogP contribution in [0.25, 0.3) is 5.57 Å². The van der Waals surface area contributed by atoms with E-state index in [0.717, 1.165) is 10.5 Å². The molecule has 3 heteroatoms. The zero-order valence-corrected chi connectivity index (χ0v) is 8.58. The summed E-state index contributed by atoms with van der Waals surface area (Å²) in [6.45, 7) is 0. The quantitative estimate of drug-likeness (QED) is 0.618. The molecular weight excluding hydrogens is 204 g/mol. The van der Waals surface area contributed by atoms with Crippen molar-refractivity contribution in [3.05, 3.63) is 46.9 Å². The number of hydrogen-bond acceptors (Lipinski definition) is 3. The van der Waals surface area contributed by atoms with Gasteiger partial charge in [0.05, 0.1) is 0 Å². The first-order chi connectivity index (χ1) is 7.36. The molecule has 1 aliphatic rings. The van der Waals surface area contributed by atoms with Crippen LogP contribution in [0, 0.1) is 22.7 Å². The molecule has 15 heavy (non-hydrogen) atoms. The number of thioether (sulfide) groups is 1. The third-order valence-corrected chi connectivity index (χ3v) is 2.98. The van der Waals surface area contributed by atoms with E-state index in [9.17, 15) is 0 Å². The lowest BCUT2D eigenvalue weighted by Gasteiger charge is -2.12. The minimum absolute atomic E-state index is 0.166. The van der Waals surface area contributed by atoms with Crippen molar-refractivity contribution in [3.8, 4) is 12.1 Å². The monoisotopic (exact) mass is 210 g/mol. The van der Waals surface area contributed by atoms with Crippen molar-refractivity contribution < 1.29 is 0 Å². The van der Waals surface area contributed by atoms with Gasteiger partial charge in [0.1, 0.15) is 17.7 Å². The molecule has 0 saturated heterocycles. The molecule has 0 N–H and O–H groups in total. The Morgan fingerprint density at radius 2 is 1.87 bits per heavy atom. The highest BCUT2D eigenvalue weighted by atomic mass is 32.2. The van der Waals surface area contributed by atoms with Gasteiger partial charge in [-0.25, -0.2) is 0 Å². The normalized spacial score (nSPS) is 12.5. The molecule has 0 aliphatic carbocycles. The zero-order valence-electron chi connectivity index (χ0n) is 7.77. The van der Waals surface area contributed by atoms with Gasteiger partial charge >= 0.3 is 0 Å². The van der Waals surface area contributed by atoms with Gasteiger partial charge in [0.15, 0.2) is 0 Å². The second-order valence-electron chi connectivity index (χ2n) is 2.93. The van der Waals surface area contributed by atoms with Crippen molar-refractivity contribution in [1.29, 1.82) is 10.5 Å². The number of benzene rings is 1. The van der Waals surface area contributed by atoms with Gasteiger partial charge in [-0.2, -0.15) is 10.5 Å². The molecule has 0 fully saturated rings. The minimum Gasteiger partial charge on any atom is -0.192 e.